The minimum absolute atomic E-state index is 0.260. The van der Waals surface area contributed by atoms with Gasteiger partial charge in [-0.1, -0.05) is 68.1 Å². The maximum atomic E-state index is 12.8. The second-order valence-electron chi connectivity index (χ2n) is 8.73. The summed E-state index contributed by atoms with van der Waals surface area (Å²) in [7, 11) is 0. The van der Waals surface area contributed by atoms with E-state index in [-0.39, 0.29) is 12.7 Å². The van der Waals surface area contributed by atoms with Crippen LogP contribution in [0.2, 0.25) is 0 Å². The number of amides is 1. The van der Waals surface area contributed by atoms with Gasteiger partial charge in [0.2, 0.25) is 5.95 Å². The second kappa shape index (κ2) is 9.95. The Bertz CT molecular complexity index is 1350. The van der Waals surface area contributed by atoms with Crippen LogP contribution in [0, 0.1) is 0 Å². The summed E-state index contributed by atoms with van der Waals surface area (Å²) >= 11 is 1.51. The van der Waals surface area contributed by atoms with Crippen molar-refractivity contribution in [2.45, 2.75) is 44.5 Å². The fourth-order valence-corrected chi connectivity index (χ4v) is 4.68. The first-order valence-electron chi connectivity index (χ1n) is 11.7. The number of ether oxygens (including phenoxy) is 1. The van der Waals surface area contributed by atoms with Gasteiger partial charge in [0, 0.05) is 18.7 Å². The van der Waals surface area contributed by atoms with Gasteiger partial charge in [-0.25, -0.2) is 9.78 Å². The van der Waals surface area contributed by atoms with Crippen LogP contribution in [0.25, 0.3) is 5.65 Å². The van der Waals surface area contributed by atoms with E-state index in [0.717, 1.165) is 40.0 Å². The van der Waals surface area contributed by atoms with Crippen molar-refractivity contribution in [1.29, 1.82) is 0 Å². The lowest BCUT2D eigenvalue weighted by molar-refractivity contribution is 0.147. The highest BCUT2D eigenvalue weighted by Crippen LogP contribution is 2.32. The summed E-state index contributed by atoms with van der Waals surface area (Å²) < 4.78 is 7.34. The quantitative estimate of drug-likeness (QED) is 0.354. The number of nitrogens with one attached hydrogen (secondary N) is 1. The maximum absolute atomic E-state index is 12.8. The number of rotatable bonds is 7. The van der Waals surface area contributed by atoms with E-state index >= 15 is 0 Å². The first-order valence-corrected chi connectivity index (χ1v) is 12.9. The minimum Gasteiger partial charge on any atom is -0.444 e. The Morgan fingerprint density at radius 1 is 1.14 bits per heavy atom. The smallest absolute Gasteiger partial charge is 0.414 e. The van der Waals surface area contributed by atoms with Crippen molar-refractivity contribution in [3.8, 4) is 0 Å². The molecular formula is C26H28N6O2S. The van der Waals surface area contributed by atoms with E-state index in [1.54, 1.807) is 9.42 Å². The molecule has 0 saturated heterocycles. The average Bonchev–Trinajstić information content (AvgIpc) is 3.51. The lowest BCUT2D eigenvalue weighted by Gasteiger charge is -2.18. The number of fused-ring (bicyclic) bond motifs is 2. The van der Waals surface area contributed by atoms with Gasteiger partial charge in [-0.2, -0.15) is 14.6 Å². The number of hydrogen-bond donors (Lipinski definition) is 1. The summed E-state index contributed by atoms with van der Waals surface area (Å²) in [5.74, 6) is 0.968. The van der Waals surface area contributed by atoms with Gasteiger partial charge < -0.3 is 10.1 Å². The molecular weight excluding hydrogens is 460 g/mol. The predicted molar refractivity (Wildman–Crippen MR) is 138 cm³/mol. The molecule has 35 heavy (non-hydrogen) atoms. The summed E-state index contributed by atoms with van der Waals surface area (Å²) in [6.07, 6.45) is 4.29. The van der Waals surface area contributed by atoms with E-state index in [4.69, 9.17) is 4.74 Å². The van der Waals surface area contributed by atoms with Crippen molar-refractivity contribution in [3.63, 3.8) is 0 Å². The molecule has 5 rings (SSSR count). The molecule has 0 atom stereocenters. The Hall–Kier alpha value is -3.59. The number of carbonyl (C=O) groups excluding carboxylic acids is 1. The molecule has 0 aliphatic carbocycles. The largest absolute Gasteiger partial charge is 0.444 e. The highest BCUT2D eigenvalue weighted by molar-refractivity contribution is 7.98. The maximum Gasteiger partial charge on any atom is 0.414 e. The molecule has 0 fully saturated rings. The van der Waals surface area contributed by atoms with Gasteiger partial charge in [-0.15, -0.1) is 0 Å². The number of nitrogens with zero attached hydrogens (tertiary/aromatic N) is 5. The standard InChI is InChI=1S/C26H28N6O2S/c1-17(2)21-15-28-32-23(21)29-25(35-3)30-24(32)27-14-19-10-7-11-22-20(19)12-13-31(22)26(33)34-16-18-8-5-4-6-9-18/h4-11,15,17H,12-14,16H2,1-3H3,(H,27,29,30). The van der Waals surface area contributed by atoms with Gasteiger partial charge in [0.25, 0.3) is 0 Å². The Morgan fingerprint density at radius 3 is 2.74 bits per heavy atom. The molecule has 1 aliphatic rings. The van der Waals surface area contributed by atoms with Gasteiger partial charge in [0.05, 0.1) is 11.9 Å². The molecule has 1 aliphatic heterocycles. The van der Waals surface area contributed by atoms with Crippen LogP contribution in [0.1, 0.15) is 42.0 Å². The van der Waals surface area contributed by atoms with E-state index < -0.39 is 0 Å². The zero-order valence-corrected chi connectivity index (χ0v) is 20.9. The van der Waals surface area contributed by atoms with Crippen LogP contribution in [-0.4, -0.2) is 38.5 Å². The SMILES string of the molecule is CSc1nc(NCc2cccc3c2CCN3C(=O)OCc2ccccc2)n2ncc(C(C)C)c2n1. The van der Waals surface area contributed by atoms with Gasteiger partial charge in [-0.05, 0) is 41.4 Å². The van der Waals surface area contributed by atoms with E-state index in [1.807, 2.05) is 54.9 Å². The summed E-state index contributed by atoms with van der Waals surface area (Å²) in [6, 6.07) is 15.8. The van der Waals surface area contributed by atoms with Crippen LogP contribution in [0.3, 0.4) is 0 Å². The molecule has 1 amide bonds. The van der Waals surface area contributed by atoms with E-state index in [0.29, 0.717) is 30.1 Å². The number of anilines is 2. The number of aromatic nitrogens is 4. The minimum atomic E-state index is -0.322. The number of thioether (sulfide) groups is 1. The third kappa shape index (κ3) is 4.68. The van der Waals surface area contributed by atoms with Crippen molar-refractivity contribution >= 4 is 35.1 Å². The van der Waals surface area contributed by atoms with Crippen molar-refractivity contribution in [2.75, 3.05) is 23.0 Å². The Balaban J connectivity index is 1.34. The molecule has 0 radical (unpaired) electrons. The fourth-order valence-electron chi connectivity index (χ4n) is 4.32. The Morgan fingerprint density at radius 2 is 1.97 bits per heavy atom. The first-order chi connectivity index (χ1) is 17.0. The van der Waals surface area contributed by atoms with E-state index in [2.05, 4.69) is 40.3 Å². The topological polar surface area (TPSA) is 84.7 Å². The molecule has 9 heteroatoms. The Labute approximate surface area is 208 Å². The summed E-state index contributed by atoms with van der Waals surface area (Å²) in [4.78, 5) is 23.8. The normalized spacial score (nSPS) is 12.9. The molecule has 0 spiro atoms. The predicted octanol–water partition coefficient (Wildman–Crippen LogP) is 5.28. The Kier molecular flexibility index (Phi) is 6.59. The van der Waals surface area contributed by atoms with E-state index in [9.17, 15) is 4.79 Å². The number of hydrogen-bond acceptors (Lipinski definition) is 7. The van der Waals surface area contributed by atoms with Crippen LogP contribution in [0.15, 0.2) is 59.9 Å². The van der Waals surface area contributed by atoms with Crippen LogP contribution >= 0.6 is 11.8 Å². The molecule has 4 aromatic rings. The first kappa shape index (κ1) is 23.2. The van der Waals surface area contributed by atoms with Crippen LogP contribution in [0.5, 0.6) is 0 Å². The molecule has 2 aromatic heterocycles. The molecule has 1 N–H and O–H groups in total. The highest BCUT2D eigenvalue weighted by Gasteiger charge is 2.27. The number of carbonyl (C=O) groups is 1. The van der Waals surface area contributed by atoms with Crippen LogP contribution < -0.4 is 10.2 Å². The highest BCUT2D eigenvalue weighted by atomic mass is 32.2. The molecule has 3 heterocycles. The van der Waals surface area contributed by atoms with Gasteiger partial charge in [0.1, 0.15) is 6.61 Å². The van der Waals surface area contributed by atoms with Gasteiger partial charge in [-0.3, -0.25) is 4.90 Å². The molecule has 8 nitrogen and oxygen atoms in total. The van der Waals surface area contributed by atoms with Crippen LogP contribution in [-0.2, 0) is 24.3 Å². The lowest BCUT2D eigenvalue weighted by atomic mass is 10.1. The summed E-state index contributed by atoms with van der Waals surface area (Å²) in [5.41, 5.74) is 6.06. The van der Waals surface area contributed by atoms with Crippen molar-refractivity contribution in [3.05, 3.63) is 77.0 Å². The van der Waals surface area contributed by atoms with E-state index in [1.165, 1.54) is 11.8 Å². The van der Waals surface area contributed by atoms with Crippen LogP contribution in [0.4, 0.5) is 16.4 Å². The van der Waals surface area contributed by atoms with Crippen molar-refractivity contribution in [2.24, 2.45) is 0 Å². The van der Waals surface area contributed by atoms with Crippen molar-refractivity contribution < 1.29 is 9.53 Å². The zero-order valence-electron chi connectivity index (χ0n) is 20.1. The average molecular weight is 489 g/mol. The third-order valence-corrected chi connectivity index (χ3v) is 6.71. The van der Waals surface area contributed by atoms with Gasteiger partial charge >= 0.3 is 6.09 Å². The number of benzene rings is 2. The molecule has 0 saturated carbocycles. The zero-order chi connectivity index (χ0) is 24.4. The summed E-state index contributed by atoms with van der Waals surface area (Å²) in [5, 5.41) is 8.69. The third-order valence-electron chi connectivity index (χ3n) is 6.17. The molecule has 2 aromatic carbocycles. The molecule has 0 bridgehead atoms. The van der Waals surface area contributed by atoms with Gasteiger partial charge in [0.15, 0.2) is 10.8 Å². The fraction of sp³-hybridized carbons (Fsp3) is 0.308. The molecule has 180 valence electrons. The van der Waals surface area contributed by atoms with Crippen molar-refractivity contribution in [1.82, 2.24) is 19.6 Å². The molecule has 0 unspecified atom stereocenters. The summed E-state index contributed by atoms with van der Waals surface area (Å²) in [6.45, 7) is 5.69. The monoisotopic (exact) mass is 488 g/mol. The second-order valence-corrected chi connectivity index (χ2v) is 9.51. The lowest BCUT2D eigenvalue weighted by Crippen LogP contribution is -2.29.